The molecular formula is C17H18Br2O2. The van der Waals surface area contributed by atoms with Gasteiger partial charge in [0, 0.05) is 15.0 Å². The van der Waals surface area contributed by atoms with Crippen LogP contribution in [0.25, 0.3) is 5.57 Å². The van der Waals surface area contributed by atoms with Crippen molar-refractivity contribution in [2.24, 2.45) is 0 Å². The van der Waals surface area contributed by atoms with E-state index >= 15 is 0 Å². The van der Waals surface area contributed by atoms with Crippen molar-refractivity contribution >= 4 is 43.4 Å². The first-order valence-electron chi connectivity index (χ1n) is 6.59. The maximum absolute atomic E-state index is 11.3. The Balaban J connectivity index is 2.79. The highest BCUT2D eigenvalue weighted by atomic mass is 79.9. The van der Waals surface area contributed by atoms with Gasteiger partial charge in [-0.25, -0.2) is 4.79 Å². The molecule has 21 heavy (non-hydrogen) atoms. The number of rotatable bonds is 5. The van der Waals surface area contributed by atoms with Gasteiger partial charge < -0.3 is 4.74 Å². The summed E-state index contributed by atoms with van der Waals surface area (Å²) in [5.74, 6) is -0.309. The van der Waals surface area contributed by atoms with Gasteiger partial charge in [-0.2, -0.15) is 0 Å². The fourth-order valence-corrected chi connectivity index (χ4v) is 2.93. The first-order valence-corrected chi connectivity index (χ1v) is 8.17. The number of esters is 1. The summed E-state index contributed by atoms with van der Waals surface area (Å²) in [4.78, 5) is 11.3. The predicted molar refractivity (Wildman–Crippen MR) is 95.0 cm³/mol. The average Bonchev–Trinajstić information content (AvgIpc) is 2.37. The number of benzene rings is 1. The van der Waals surface area contributed by atoms with E-state index in [2.05, 4.69) is 44.0 Å². The minimum Gasteiger partial charge on any atom is -0.463 e. The highest BCUT2D eigenvalue weighted by Gasteiger charge is 1.99. The van der Waals surface area contributed by atoms with Crippen LogP contribution >= 0.6 is 31.9 Å². The van der Waals surface area contributed by atoms with E-state index in [1.165, 1.54) is 6.08 Å². The molecule has 0 N–H and O–H groups in total. The Kier molecular flexibility index (Phi) is 7.68. The zero-order valence-corrected chi connectivity index (χ0v) is 15.5. The Morgan fingerprint density at radius 1 is 1.19 bits per heavy atom. The highest BCUT2D eigenvalue weighted by molar-refractivity contribution is 9.11. The molecule has 1 rings (SSSR count). The Morgan fingerprint density at radius 2 is 1.81 bits per heavy atom. The molecule has 0 aromatic heterocycles. The molecule has 0 saturated carbocycles. The van der Waals surface area contributed by atoms with Crippen LogP contribution in [-0.4, -0.2) is 12.6 Å². The molecule has 1 aromatic carbocycles. The average molecular weight is 414 g/mol. The second kappa shape index (κ2) is 9.00. The number of halogens is 2. The largest absolute Gasteiger partial charge is 0.463 e. The van der Waals surface area contributed by atoms with Crippen molar-refractivity contribution in [2.45, 2.75) is 20.8 Å². The third kappa shape index (κ3) is 6.91. The van der Waals surface area contributed by atoms with Gasteiger partial charge in [-0.15, -0.1) is 0 Å². The molecule has 0 aliphatic carbocycles. The van der Waals surface area contributed by atoms with Crippen LogP contribution in [0.4, 0.5) is 0 Å². The van der Waals surface area contributed by atoms with Crippen LogP contribution in [0.15, 0.2) is 57.0 Å². The minimum atomic E-state index is -0.309. The second-order valence-corrected chi connectivity index (χ2v) is 6.34. The lowest BCUT2D eigenvalue weighted by atomic mass is 10.1. The molecule has 4 heteroatoms. The summed E-state index contributed by atoms with van der Waals surface area (Å²) >= 11 is 6.96. The summed E-state index contributed by atoms with van der Waals surface area (Å²) in [5, 5.41) is 0. The van der Waals surface area contributed by atoms with Crippen LogP contribution in [0, 0.1) is 0 Å². The lowest BCUT2D eigenvalue weighted by molar-refractivity contribution is -0.137. The van der Waals surface area contributed by atoms with Crippen LogP contribution in [0.5, 0.6) is 0 Å². The lowest BCUT2D eigenvalue weighted by Gasteiger charge is -2.03. The summed E-state index contributed by atoms with van der Waals surface area (Å²) in [6, 6.07) is 6.12. The predicted octanol–water partition coefficient (Wildman–Crippen LogP) is 5.68. The summed E-state index contributed by atoms with van der Waals surface area (Å²) < 4.78 is 6.92. The van der Waals surface area contributed by atoms with Crippen LogP contribution in [0.1, 0.15) is 26.3 Å². The molecule has 0 aliphatic rings. The van der Waals surface area contributed by atoms with E-state index in [0.29, 0.717) is 6.61 Å². The molecule has 0 atom stereocenters. The maximum Gasteiger partial charge on any atom is 0.330 e. The number of ether oxygens (including phenoxy) is 1. The van der Waals surface area contributed by atoms with E-state index in [9.17, 15) is 4.79 Å². The number of hydrogen-bond donors (Lipinski definition) is 0. The normalized spacial score (nSPS) is 12.8. The van der Waals surface area contributed by atoms with E-state index in [-0.39, 0.29) is 5.97 Å². The van der Waals surface area contributed by atoms with Crippen molar-refractivity contribution < 1.29 is 9.53 Å². The Hall–Kier alpha value is -1.13. The van der Waals surface area contributed by atoms with E-state index in [1.807, 2.05) is 38.1 Å². The molecule has 0 unspecified atom stereocenters. The summed E-state index contributed by atoms with van der Waals surface area (Å²) in [6.07, 6.45) is 7.30. The number of allylic oxidation sites excluding steroid dienone is 5. The van der Waals surface area contributed by atoms with Crippen molar-refractivity contribution in [3.8, 4) is 0 Å². The second-order valence-electron chi connectivity index (χ2n) is 4.51. The van der Waals surface area contributed by atoms with Crippen LogP contribution in [0.3, 0.4) is 0 Å². The van der Waals surface area contributed by atoms with Gasteiger partial charge in [0.2, 0.25) is 0 Å². The molecular weight excluding hydrogens is 396 g/mol. The molecule has 0 bridgehead atoms. The van der Waals surface area contributed by atoms with Gasteiger partial charge in [0.05, 0.1) is 6.61 Å². The van der Waals surface area contributed by atoms with E-state index in [0.717, 1.165) is 25.7 Å². The third-order valence-corrected chi connectivity index (χ3v) is 3.57. The smallest absolute Gasteiger partial charge is 0.330 e. The molecule has 0 aliphatic heterocycles. The first kappa shape index (κ1) is 17.9. The molecule has 0 saturated heterocycles. The van der Waals surface area contributed by atoms with E-state index < -0.39 is 0 Å². The van der Waals surface area contributed by atoms with Crippen LogP contribution < -0.4 is 0 Å². The van der Waals surface area contributed by atoms with Gasteiger partial charge in [0.25, 0.3) is 0 Å². The highest BCUT2D eigenvalue weighted by Crippen LogP contribution is 2.24. The zero-order valence-electron chi connectivity index (χ0n) is 12.3. The maximum atomic E-state index is 11.3. The lowest BCUT2D eigenvalue weighted by Crippen LogP contribution is -1.99. The molecule has 112 valence electrons. The standard InChI is InChI=1S/C17H18Br2O2/c1-4-21-17(20)8-12(2)6-5-7-13(3)14-9-15(18)11-16(19)10-14/h5-11H,4H2,1-3H3/b6-5+,12-8+,13-7-. The Bertz CT molecular complexity index is 579. The third-order valence-electron chi connectivity index (χ3n) is 2.66. The molecule has 0 amide bonds. The summed E-state index contributed by atoms with van der Waals surface area (Å²) in [7, 11) is 0. The van der Waals surface area contributed by atoms with Gasteiger partial charge >= 0.3 is 5.97 Å². The Morgan fingerprint density at radius 3 is 2.38 bits per heavy atom. The van der Waals surface area contributed by atoms with Gasteiger partial charge in [0.15, 0.2) is 0 Å². The van der Waals surface area contributed by atoms with Gasteiger partial charge in [-0.3, -0.25) is 0 Å². The topological polar surface area (TPSA) is 26.3 Å². The van der Waals surface area contributed by atoms with Crippen molar-refractivity contribution in [1.82, 2.24) is 0 Å². The fourth-order valence-electron chi connectivity index (χ4n) is 1.64. The molecule has 0 heterocycles. The van der Waals surface area contributed by atoms with Crippen LogP contribution in [0.2, 0.25) is 0 Å². The van der Waals surface area contributed by atoms with Gasteiger partial charge in [-0.05, 0) is 55.7 Å². The molecule has 2 nitrogen and oxygen atoms in total. The number of carbonyl (C=O) groups is 1. The number of hydrogen-bond acceptors (Lipinski definition) is 2. The first-order chi connectivity index (χ1) is 9.92. The van der Waals surface area contributed by atoms with E-state index in [1.54, 1.807) is 6.92 Å². The molecule has 0 fully saturated rings. The molecule has 0 radical (unpaired) electrons. The Labute approximate surface area is 142 Å². The quantitative estimate of drug-likeness (QED) is 0.352. The summed E-state index contributed by atoms with van der Waals surface area (Å²) in [5.41, 5.74) is 3.12. The summed E-state index contributed by atoms with van der Waals surface area (Å²) in [6.45, 7) is 6.09. The van der Waals surface area contributed by atoms with Crippen molar-refractivity contribution in [3.05, 3.63) is 62.6 Å². The van der Waals surface area contributed by atoms with Crippen molar-refractivity contribution in [3.63, 3.8) is 0 Å². The van der Waals surface area contributed by atoms with E-state index in [4.69, 9.17) is 4.74 Å². The zero-order chi connectivity index (χ0) is 15.8. The van der Waals surface area contributed by atoms with Gasteiger partial charge in [-0.1, -0.05) is 50.1 Å². The SMILES string of the molecule is CCOC(=O)/C=C(C)/C=C/C=C(/C)c1cc(Br)cc(Br)c1. The fraction of sp³-hybridized carbons (Fsp3) is 0.235. The molecule has 0 spiro atoms. The number of carbonyl (C=O) groups excluding carboxylic acids is 1. The minimum absolute atomic E-state index is 0.309. The van der Waals surface area contributed by atoms with Gasteiger partial charge in [0.1, 0.15) is 0 Å². The monoisotopic (exact) mass is 412 g/mol. The molecule has 1 aromatic rings. The van der Waals surface area contributed by atoms with Crippen LogP contribution in [-0.2, 0) is 9.53 Å². The van der Waals surface area contributed by atoms with Crippen molar-refractivity contribution in [1.29, 1.82) is 0 Å². The van der Waals surface area contributed by atoms with Crippen molar-refractivity contribution in [2.75, 3.05) is 6.61 Å².